The van der Waals surface area contributed by atoms with Crippen LogP contribution in [0, 0.1) is 0 Å². The van der Waals surface area contributed by atoms with Crippen molar-refractivity contribution >= 4 is 21.6 Å². The van der Waals surface area contributed by atoms with E-state index in [1.165, 1.54) is 28.6 Å². The molecule has 2 rings (SSSR count). The SMILES string of the molecule is CCC1CC(C)c2cc(Br)ccc2N1. The molecular formula is C12H16BrN. The molecule has 0 aliphatic carbocycles. The summed E-state index contributed by atoms with van der Waals surface area (Å²) >= 11 is 3.52. The number of nitrogens with one attached hydrogen (secondary N) is 1. The normalized spacial score (nSPS) is 25.4. The third-order valence-electron chi connectivity index (χ3n) is 3.04. The quantitative estimate of drug-likeness (QED) is 0.793. The maximum absolute atomic E-state index is 3.58. The first-order chi connectivity index (χ1) is 6.70. The summed E-state index contributed by atoms with van der Waals surface area (Å²) in [6.07, 6.45) is 2.46. The molecule has 0 aromatic heterocycles. The average molecular weight is 254 g/mol. The third kappa shape index (κ3) is 1.81. The van der Waals surface area contributed by atoms with Crippen molar-refractivity contribution in [3.05, 3.63) is 28.2 Å². The number of benzene rings is 1. The van der Waals surface area contributed by atoms with Crippen LogP contribution in [-0.2, 0) is 0 Å². The molecule has 1 N–H and O–H groups in total. The maximum Gasteiger partial charge on any atom is 0.0378 e. The lowest BCUT2D eigenvalue weighted by Gasteiger charge is -2.31. The predicted molar refractivity (Wildman–Crippen MR) is 64.9 cm³/mol. The molecule has 2 unspecified atom stereocenters. The summed E-state index contributed by atoms with van der Waals surface area (Å²) in [7, 11) is 0. The minimum atomic E-state index is 0.652. The highest BCUT2D eigenvalue weighted by Gasteiger charge is 2.22. The van der Waals surface area contributed by atoms with Gasteiger partial charge in [0.2, 0.25) is 0 Å². The van der Waals surface area contributed by atoms with Gasteiger partial charge in [-0.25, -0.2) is 0 Å². The molecule has 14 heavy (non-hydrogen) atoms. The van der Waals surface area contributed by atoms with Crippen molar-refractivity contribution < 1.29 is 0 Å². The molecule has 0 amide bonds. The van der Waals surface area contributed by atoms with Crippen LogP contribution in [0.2, 0.25) is 0 Å². The van der Waals surface area contributed by atoms with E-state index in [4.69, 9.17) is 0 Å². The highest BCUT2D eigenvalue weighted by atomic mass is 79.9. The van der Waals surface area contributed by atoms with Crippen LogP contribution in [0.4, 0.5) is 5.69 Å². The second kappa shape index (κ2) is 3.93. The zero-order chi connectivity index (χ0) is 10.1. The van der Waals surface area contributed by atoms with Gasteiger partial charge in [-0.3, -0.25) is 0 Å². The lowest BCUT2D eigenvalue weighted by molar-refractivity contribution is 0.546. The van der Waals surface area contributed by atoms with Gasteiger partial charge in [0, 0.05) is 16.2 Å². The molecule has 2 heteroatoms. The Hall–Kier alpha value is -0.500. The Morgan fingerprint density at radius 2 is 2.29 bits per heavy atom. The third-order valence-corrected chi connectivity index (χ3v) is 3.53. The highest BCUT2D eigenvalue weighted by molar-refractivity contribution is 9.10. The second-order valence-corrected chi connectivity index (χ2v) is 5.03. The summed E-state index contributed by atoms with van der Waals surface area (Å²) in [5, 5.41) is 3.58. The van der Waals surface area contributed by atoms with E-state index in [9.17, 15) is 0 Å². The molecule has 0 radical (unpaired) electrons. The molecular weight excluding hydrogens is 238 g/mol. The van der Waals surface area contributed by atoms with Crippen molar-refractivity contribution in [3.8, 4) is 0 Å². The van der Waals surface area contributed by atoms with Crippen LogP contribution in [-0.4, -0.2) is 6.04 Å². The fraction of sp³-hybridized carbons (Fsp3) is 0.500. The lowest BCUT2D eigenvalue weighted by Crippen LogP contribution is -2.26. The van der Waals surface area contributed by atoms with E-state index in [0.717, 1.165) is 0 Å². The van der Waals surface area contributed by atoms with Crippen molar-refractivity contribution in [3.63, 3.8) is 0 Å². The van der Waals surface area contributed by atoms with E-state index in [0.29, 0.717) is 12.0 Å². The van der Waals surface area contributed by atoms with Crippen LogP contribution >= 0.6 is 15.9 Å². The van der Waals surface area contributed by atoms with E-state index in [1.807, 2.05) is 0 Å². The summed E-state index contributed by atoms with van der Waals surface area (Å²) in [6.45, 7) is 4.56. The van der Waals surface area contributed by atoms with Crippen molar-refractivity contribution in [2.75, 3.05) is 5.32 Å². The molecule has 2 atom stereocenters. The molecule has 0 bridgehead atoms. The predicted octanol–water partition coefficient (Wildman–Crippen LogP) is 4.15. The first-order valence-electron chi connectivity index (χ1n) is 5.26. The molecule has 1 aromatic rings. The zero-order valence-electron chi connectivity index (χ0n) is 8.68. The van der Waals surface area contributed by atoms with E-state index in [2.05, 4.69) is 53.3 Å². The first kappa shape index (κ1) is 10.0. The summed E-state index contributed by atoms with van der Waals surface area (Å²) in [4.78, 5) is 0. The van der Waals surface area contributed by atoms with Crippen molar-refractivity contribution in [1.82, 2.24) is 0 Å². The van der Waals surface area contributed by atoms with Crippen LogP contribution in [0.3, 0.4) is 0 Å². The molecule has 1 heterocycles. The van der Waals surface area contributed by atoms with Gasteiger partial charge in [0.1, 0.15) is 0 Å². The number of fused-ring (bicyclic) bond motifs is 1. The molecule has 0 saturated heterocycles. The Labute approximate surface area is 94.0 Å². The van der Waals surface area contributed by atoms with Gasteiger partial charge in [0.15, 0.2) is 0 Å². The molecule has 1 aliphatic heterocycles. The Bertz CT molecular complexity index is 335. The van der Waals surface area contributed by atoms with Crippen LogP contribution in [0.1, 0.15) is 38.2 Å². The highest BCUT2D eigenvalue weighted by Crippen LogP contribution is 2.36. The molecule has 0 spiro atoms. The number of hydrogen-bond donors (Lipinski definition) is 1. The van der Waals surface area contributed by atoms with Crippen LogP contribution in [0.5, 0.6) is 0 Å². The number of anilines is 1. The van der Waals surface area contributed by atoms with Crippen molar-refractivity contribution in [2.24, 2.45) is 0 Å². The smallest absolute Gasteiger partial charge is 0.0378 e. The standard InChI is InChI=1S/C12H16BrN/c1-3-10-6-8(2)11-7-9(13)4-5-12(11)14-10/h4-5,7-8,10,14H,3,6H2,1-2H3. The number of rotatable bonds is 1. The van der Waals surface area contributed by atoms with Crippen LogP contribution in [0.25, 0.3) is 0 Å². The van der Waals surface area contributed by atoms with E-state index < -0.39 is 0 Å². The maximum atomic E-state index is 3.58. The molecule has 1 aliphatic rings. The van der Waals surface area contributed by atoms with Crippen molar-refractivity contribution in [1.29, 1.82) is 0 Å². The topological polar surface area (TPSA) is 12.0 Å². The van der Waals surface area contributed by atoms with E-state index in [1.54, 1.807) is 0 Å². The zero-order valence-corrected chi connectivity index (χ0v) is 10.3. The van der Waals surface area contributed by atoms with Gasteiger partial charge in [-0.2, -0.15) is 0 Å². The van der Waals surface area contributed by atoms with Gasteiger partial charge in [-0.15, -0.1) is 0 Å². The number of halogens is 1. The summed E-state index contributed by atoms with van der Waals surface area (Å²) in [5.74, 6) is 0.675. The minimum absolute atomic E-state index is 0.652. The summed E-state index contributed by atoms with van der Waals surface area (Å²) < 4.78 is 1.18. The fourth-order valence-electron chi connectivity index (χ4n) is 2.17. The van der Waals surface area contributed by atoms with Gasteiger partial charge >= 0.3 is 0 Å². The molecule has 0 saturated carbocycles. The first-order valence-corrected chi connectivity index (χ1v) is 6.06. The second-order valence-electron chi connectivity index (χ2n) is 4.12. The molecule has 1 nitrogen and oxygen atoms in total. The average Bonchev–Trinajstić information content (AvgIpc) is 2.19. The van der Waals surface area contributed by atoms with Gasteiger partial charge in [-0.1, -0.05) is 29.8 Å². The van der Waals surface area contributed by atoms with E-state index >= 15 is 0 Å². The van der Waals surface area contributed by atoms with Gasteiger partial charge in [0.05, 0.1) is 0 Å². The Balaban J connectivity index is 2.35. The van der Waals surface area contributed by atoms with Gasteiger partial charge < -0.3 is 5.32 Å². The summed E-state index contributed by atoms with van der Waals surface area (Å²) in [5.41, 5.74) is 2.77. The van der Waals surface area contributed by atoms with Crippen LogP contribution in [0.15, 0.2) is 22.7 Å². The minimum Gasteiger partial charge on any atom is -0.382 e. The molecule has 76 valence electrons. The van der Waals surface area contributed by atoms with Crippen molar-refractivity contribution in [2.45, 2.75) is 38.6 Å². The van der Waals surface area contributed by atoms with E-state index in [-0.39, 0.29) is 0 Å². The Morgan fingerprint density at radius 3 is 3.00 bits per heavy atom. The van der Waals surface area contributed by atoms with Gasteiger partial charge in [-0.05, 0) is 42.5 Å². The largest absolute Gasteiger partial charge is 0.382 e. The Morgan fingerprint density at radius 1 is 1.50 bits per heavy atom. The molecule has 0 fully saturated rings. The Kier molecular flexibility index (Phi) is 2.82. The van der Waals surface area contributed by atoms with Crippen LogP contribution < -0.4 is 5.32 Å². The monoisotopic (exact) mass is 253 g/mol. The van der Waals surface area contributed by atoms with Gasteiger partial charge in [0.25, 0.3) is 0 Å². The fourth-order valence-corrected chi connectivity index (χ4v) is 2.55. The summed E-state index contributed by atoms with van der Waals surface area (Å²) in [6, 6.07) is 7.17. The lowest BCUT2D eigenvalue weighted by atomic mass is 9.88. The molecule has 1 aromatic carbocycles. The number of hydrogen-bond acceptors (Lipinski definition) is 1.